The average molecular weight is 250 g/mol. The van der Waals surface area contributed by atoms with Crippen LogP contribution in [0.3, 0.4) is 0 Å². The van der Waals surface area contributed by atoms with Crippen LogP contribution in [-0.2, 0) is 17.9 Å². The third kappa shape index (κ3) is 3.14. The first-order valence-corrected chi connectivity index (χ1v) is 5.33. The molecule has 0 amide bonds. The number of aryl methyl sites for hydroxylation is 1. The highest BCUT2D eigenvalue weighted by Crippen LogP contribution is 2.08. The topological polar surface area (TPSA) is 112 Å². The Labute approximate surface area is 104 Å². The molecule has 0 unspecified atom stereocenters. The zero-order valence-electron chi connectivity index (χ0n) is 10.2. The van der Waals surface area contributed by atoms with Crippen LogP contribution in [0.5, 0.6) is 0 Å². The van der Waals surface area contributed by atoms with Gasteiger partial charge in [0.2, 0.25) is 11.8 Å². The fourth-order valence-corrected chi connectivity index (χ4v) is 1.40. The van der Waals surface area contributed by atoms with E-state index in [1.807, 2.05) is 6.92 Å². The number of rotatable bonds is 5. The molecule has 0 aromatic carbocycles. The number of hydrogen-bond donors (Lipinski definition) is 2. The van der Waals surface area contributed by atoms with Crippen LogP contribution < -0.4 is 11.1 Å². The molecule has 18 heavy (non-hydrogen) atoms. The van der Waals surface area contributed by atoms with Crippen LogP contribution in [0.4, 0.5) is 11.8 Å². The molecular weight excluding hydrogens is 236 g/mol. The minimum atomic E-state index is 0.225. The SMILES string of the molecule is COCc1noc(CNc2cc(C)nc(N)n2)n1. The molecule has 0 bridgehead atoms. The van der Waals surface area contributed by atoms with E-state index >= 15 is 0 Å². The zero-order valence-corrected chi connectivity index (χ0v) is 10.2. The lowest BCUT2D eigenvalue weighted by atomic mass is 10.4. The van der Waals surface area contributed by atoms with Gasteiger partial charge in [0, 0.05) is 18.9 Å². The highest BCUT2D eigenvalue weighted by Gasteiger charge is 2.06. The van der Waals surface area contributed by atoms with Crippen LogP contribution >= 0.6 is 0 Å². The first kappa shape index (κ1) is 12.2. The highest BCUT2D eigenvalue weighted by atomic mass is 16.5. The van der Waals surface area contributed by atoms with Gasteiger partial charge >= 0.3 is 0 Å². The van der Waals surface area contributed by atoms with Crippen LogP contribution in [0.15, 0.2) is 10.6 Å². The minimum absolute atomic E-state index is 0.225. The molecule has 2 heterocycles. The molecule has 0 saturated carbocycles. The predicted octanol–water partition coefficient (Wildman–Crippen LogP) is 0.509. The van der Waals surface area contributed by atoms with Crippen LogP contribution in [0.25, 0.3) is 0 Å². The van der Waals surface area contributed by atoms with Crippen molar-refractivity contribution in [2.24, 2.45) is 0 Å². The van der Waals surface area contributed by atoms with Crippen molar-refractivity contribution in [3.8, 4) is 0 Å². The van der Waals surface area contributed by atoms with Gasteiger partial charge in [-0.05, 0) is 6.92 Å². The second-order valence-electron chi connectivity index (χ2n) is 3.64. The molecule has 0 aliphatic rings. The number of nitrogens with one attached hydrogen (secondary N) is 1. The third-order valence-corrected chi connectivity index (χ3v) is 2.08. The lowest BCUT2D eigenvalue weighted by molar-refractivity contribution is 0.174. The summed E-state index contributed by atoms with van der Waals surface area (Å²) in [5.74, 6) is 1.80. The van der Waals surface area contributed by atoms with E-state index in [1.54, 1.807) is 13.2 Å². The number of methoxy groups -OCH3 is 1. The monoisotopic (exact) mass is 250 g/mol. The summed E-state index contributed by atoms with van der Waals surface area (Å²) in [7, 11) is 1.57. The van der Waals surface area contributed by atoms with Gasteiger partial charge in [0.05, 0.1) is 6.54 Å². The van der Waals surface area contributed by atoms with Crippen LogP contribution in [0, 0.1) is 6.92 Å². The average Bonchev–Trinajstić information content (AvgIpc) is 2.74. The van der Waals surface area contributed by atoms with E-state index in [1.165, 1.54) is 0 Å². The Hall–Kier alpha value is -2.22. The molecule has 2 aromatic heterocycles. The van der Waals surface area contributed by atoms with Crippen LogP contribution in [0.2, 0.25) is 0 Å². The summed E-state index contributed by atoms with van der Waals surface area (Å²) in [6.07, 6.45) is 0. The smallest absolute Gasteiger partial charge is 0.246 e. The Balaban J connectivity index is 1.97. The van der Waals surface area contributed by atoms with Crippen molar-refractivity contribution in [1.82, 2.24) is 20.1 Å². The molecule has 3 N–H and O–H groups in total. The highest BCUT2D eigenvalue weighted by molar-refractivity contribution is 5.40. The molecule has 0 saturated heterocycles. The Morgan fingerprint density at radius 3 is 2.94 bits per heavy atom. The standard InChI is InChI=1S/C10H14N6O2/c1-6-3-7(15-10(11)13-6)12-4-9-14-8(5-17-2)16-18-9/h3H,4-5H2,1-2H3,(H3,11,12,13,15). The van der Waals surface area contributed by atoms with Crippen molar-refractivity contribution >= 4 is 11.8 Å². The van der Waals surface area contributed by atoms with E-state index in [4.69, 9.17) is 15.0 Å². The molecule has 0 aliphatic carbocycles. The molecule has 0 radical (unpaired) electrons. The summed E-state index contributed by atoms with van der Waals surface area (Å²) in [6, 6.07) is 1.78. The Morgan fingerprint density at radius 2 is 2.22 bits per heavy atom. The van der Waals surface area contributed by atoms with Gasteiger partial charge in [-0.3, -0.25) is 0 Å². The fourth-order valence-electron chi connectivity index (χ4n) is 1.40. The summed E-state index contributed by atoms with van der Waals surface area (Å²) < 4.78 is 9.91. The van der Waals surface area contributed by atoms with Crippen molar-refractivity contribution in [2.75, 3.05) is 18.2 Å². The number of nitrogens with zero attached hydrogens (tertiary/aromatic N) is 4. The first-order valence-electron chi connectivity index (χ1n) is 5.33. The summed E-state index contributed by atoms with van der Waals surface area (Å²) in [4.78, 5) is 12.1. The van der Waals surface area contributed by atoms with Crippen molar-refractivity contribution in [2.45, 2.75) is 20.1 Å². The second-order valence-corrected chi connectivity index (χ2v) is 3.64. The summed E-state index contributed by atoms with van der Waals surface area (Å²) >= 11 is 0. The molecule has 8 heteroatoms. The van der Waals surface area contributed by atoms with Crippen molar-refractivity contribution in [3.63, 3.8) is 0 Å². The van der Waals surface area contributed by atoms with Gasteiger partial charge < -0.3 is 20.3 Å². The van der Waals surface area contributed by atoms with E-state index in [9.17, 15) is 0 Å². The maximum absolute atomic E-state index is 5.54. The summed E-state index contributed by atoms with van der Waals surface area (Å²) in [6.45, 7) is 2.53. The Kier molecular flexibility index (Phi) is 3.68. The molecule has 96 valence electrons. The quantitative estimate of drug-likeness (QED) is 0.789. The number of aromatic nitrogens is 4. The zero-order chi connectivity index (χ0) is 13.0. The number of nitrogens with two attached hydrogens (primary N) is 1. The molecule has 8 nitrogen and oxygen atoms in total. The van der Waals surface area contributed by atoms with E-state index in [0.717, 1.165) is 5.69 Å². The Bertz CT molecular complexity index is 507. The van der Waals surface area contributed by atoms with Gasteiger partial charge in [-0.1, -0.05) is 5.16 Å². The fraction of sp³-hybridized carbons (Fsp3) is 0.400. The maximum atomic E-state index is 5.54. The van der Waals surface area contributed by atoms with Crippen molar-refractivity contribution in [1.29, 1.82) is 0 Å². The third-order valence-electron chi connectivity index (χ3n) is 2.08. The molecule has 2 rings (SSSR count). The number of anilines is 2. The number of ether oxygens (including phenoxy) is 1. The second kappa shape index (κ2) is 5.41. The van der Waals surface area contributed by atoms with Gasteiger partial charge in [-0.2, -0.15) is 9.97 Å². The van der Waals surface area contributed by atoms with E-state index in [0.29, 0.717) is 30.7 Å². The van der Waals surface area contributed by atoms with Crippen molar-refractivity contribution < 1.29 is 9.26 Å². The van der Waals surface area contributed by atoms with Gasteiger partial charge in [-0.25, -0.2) is 4.98 Å². The molecular formula is C10H14N6O2. The van der Waals surface area contributed by atoms with E-state index in [-0.39, 0.29) is 5.95 Å². The number of hydrogen-bond acceptors (Lipinski definition) is 8. The minimum Gasteiger partial charge on any atom is -0.377 e. The normalized spacial score (nSPS) is 10.6. The largest absolute Gasteiger partial charge is 0.377 e. The predicted molar refractivity (Wildman–Crippen MR) is 63.5 cm³/mol. The summed E-state index contributed by atoms with van der Waals surface area (Å²) in [5, 5.41) is 6.77. The molecule has 2 aromatic rings. The van der Waals surface area contributed by atoms with E-state index < -0.39 is 0 Å². The molecule has 0 atom stereocenters. The Morgan fingerprint density at radius 1 is 1.39 bits per heavy atom. The lowest BCUT2D eigenvalue weighted by Gasteiger charge is -2.03. The van der Waals surface area contributed by atoms with E-state index in [2.05, 4.69) is 25.4 Å². The first-order chi connectivity index (χ1) is 8.67. The van der Waals surface area contributed by atoms with Crippen LogP contribution in [-0.4, -0.2) is 27.2 Å². The van der Waals surface area contributed by atoms with Gasteiger partial charge in [-0.15, -0.1) is 0 Å². The molecule has 0 aliphatic heterocycles. The lowest BCUT2D eigenvalue weighted by Crippen LogP contribution is -2.05. The molecule has 0 fully saturated rings. The van der Waals surface area contributed by atoms with Crippen molar-refractivity contribution in [3.05, 3.63) is 23.5 Å². The molecule has 0 spiro atoms. The van der Waals surface area contributed by atoms with Gasteiger partial charge in [0.15, 0.2) is 5.82 Å². The summed E-state index contributed by atoms with van der Waals surface area (Å²) in [5.41, 5.74) is 6.33. The van der Waals surface area contributed by atoms with Crippen LogP contribution in [0.1, 0.15) is 17.4 Å². The number of nitrogen functional groups attached to an aromatic ring is 1. The van der Waals surface area contributed by atoms with Gasteiger partial charge in [0.1, 0.15) is 12.4 Å². The maximum Gasteiger partial charge on any atom is 0.246 e. The van der Waals surface area contributed by atoms with Gasteiger partial charge in [0.25, 0.3) is 0 Å².